The highest BCUT2D eigenvalue weighted by atomic mass is 79.9. The fourth-order valence-electron chi connectivity index (χ4n) is 0.895. The molecule has 0 unspecified atom stereocenters. The molecule has 0 spiro atoms. The van der Waals surface area contributed by atoms with E-state index < -0.39 is 0 Å². The molecule has 12 heavy (non-hydrogen) atoms. The molecule has 3 nitrogen and oxygen atoms in total. The highest BCUT2D eigenvalue weighted by Gasteiger charge is 2.06. The molecule has 0 bridgehead atoms. The predicted molar refractivity (Wildman–Crippen MR) is 50.7 cm³/mol. The smallest absolute Gasteiger partial charge is 0.106 e. The van der Waals surface area contributed by atoms with Crippen molar-refractivity contribution in [3.63, 3.8) is 0 Å². The van der Waals surface area contributed by atoms with Crippen LogP contribution in [0.3, 0.4) is 0 Å². The number of hydrogen-bond acceptors (Lipinski definition) is 3. The molecule has 0 aliphatic rings. The first-order chi connectivity index (χ1) is 5.74. The van der Waals surface area contributed by atoms with Gasteiger partial charge < -0.3 is 10.5 Å². The zero-order valence-corrected chi connectivity index (χ0v) is 8.41. The van der Waals surface area contributed by atoms with Gasteiger partial charge in [0.25, 0.3) is 0 Å². The SMILES string of the molecule is COC[C@@H](N)c1cccc(Br)n1. The van der Waals surface area contributed by atoms with Gasteiger partial charge in [-0.2, -0.15) is 0 Å². The van der Waals surface area contributed by atoms with Gasteiger partial charge in [-0.05, 0) is 28.1 Å². The lowest BCUT2D eigenvalue weighted by molar-refractivity contribution is 0.179. The van der Waals surface area contributed by atoms with E-state index in [1.54, 1.807) is 7.11 Å². The van der Waals surface area contributed by atoms with Crippen molar-refractivity contribution in [2.75, 3.05) is 13.7 Å². The van der Waals surface area contributed by atoms with E-state index >= 15 is 0 Å². The molecule has 1 heterocycles. The highest BCUT2D eigenvalue weighted by Crippen LogP contribution is 2.11. The van der Waals surface area contributed by atoms with Gasteiger partial charge in [-0.15, -0.1) is 0 Å². The summed E-state index contributed by atoms with van der Waals surface area (Å²) < 4.78 is 5.72. The second-order valence-corrected chi connectivity index (χ2v) is 3.26. The molecule has 0 saturated carbocycles. The molecule has 2 N–H and O–H groups in total. The molecular weight excluding hydrogens is 220 g/mol. The van der Waals surface area contributed by atoms with Gasteiger partial charge in [-0.1, -0.05) is 6.07 Å². The average molecular weight is 231 g/mol. The first-order valence-electron chi connectivity index (χ1n) is 3.61. The van der Waals surface area contributed by atoms with Crippen LogP contribution in [-0.4, -0.2) is 18.7 Å². The normalized spacial score (nSPS) is 12.9. The Labute approximate surface area is 80.1 Å². The van der Waals surface area contributed by atoms with Crippen LogP contribution in [0.1, 0.15) is 11.7 Å². The lowest BCUT2D eigenvalue weighted by Crippen LogP contribution is -2.17. The van der Waals surface area contributed by atoms with Crippen LogP contribution in [0.15, 0.2) is 22.8 Å². The van der Waals surface area contributed by atoms with Crippen molar-refractivity contribution in [1.82, 2.24) is 4.98 Å². The van der Waals surface area contributed by atoms with Gasteiger partial charge in [-0.3, -0.25) is 0 Å². The Morgan fingerprint density at radius 1 is 1.67 bits per heavy atom. The molecule has 1 atom stereocenters. The van der Waals surface area contributed by atoms with E-state index in [1.165, 1.54) is 0 Å². The second-order valence-electron chi connectivity index (χ2n) is 2.45. The van der Waals surface area contributed by atoms with Gasteiger partial charge in [0.05, 0.1) is 18.3 Å². The Bertz CT molecular complexity index is 255. The van der Waals surface area contributed by atoms with Gasteiger partial charge in [0.15, 0.2) is 0 Å². The number of aromatic nitrogens is 1. The van der Waals surface area contributed by atoms with Crippen LogP contribution < -0.4 is 5.73 Å². The summed E-state index contributed by atoms with van der Waals surface area (Å²) in [7, 11) is 1.62. The zero-order chi connectivity index (χ0) is 8.97. The van der Waals surface area contributed by atoms with Crippen LogP contribution >= 0.6 is 15.9 Å². The van der Waals surface area contributed by atoms with E-state index in [1.807, 2.05) is 18.2 Å². The number of rotatable bonds is 3. The largest absolute Gasteiger partial charge is 0.383 e. The maximum atomic E-state index is 5.77. The van der Waals surface area contributed by atoms with Crippen LogP contribution in [0.5, 0.6) is 0 Å². The number of hydrogen-bond donors (Lipinski definition) is 1. The van der Waals surface area contributed by atoms with E-state index in [0.717, 1.165) is 10.3 Å². The van der Waals surface area contributed by atoms with E-state index in [4.69, 9.17) is 10.5 Å². The van der Waals surface area contributed by atoms with Crippen molar-refractivity contribution in [2.45, 2.75) is 6.04 Å². The molecule has 66 valence electrons. The Hall–Kier alpha value is -0.450. The molecule has 0 aliphatic carbocycles. The van der Waals surface area contributed by atoms with Crippen LogP contribution in [0.4, 0.5) is 0 Å². The number of nitrogens with zero attached hydrogens (tertiary/aromatic N) is 1. The summed E-state index contributed by atoms with van der Waals surface area (Å²) >= 11 is 3.27. The first kappa shape index (κ1) is 9.64. The fourth-order valence-corrected chi connectivity index (χ4v) is 1.25. The third kappa shape index (κ3) is 2.55. The Morgan fingerprint density at radius 2 is 2.42 bits per heavy atom. The van der Waals surface area contributed by atoms with Crippen molar-refractivity contribution in [3.8, 4) is 0 Å². The predicted octanol–water partition coefficient (Wildman–Crippen LogP) is 1.49. The number of ether oxygens (including phenoxy) is 1. The molecule has 4 heteroatoms. The fraction of sp³-hybridized carbons (Fsp3) is 0.375. The monoisotopic (exact) mass is 230 g/mol. The van der Waals surface area contributed by atoms with E-state index in [2.05, 4.69) is 20.9 Å². The number of nitrogens with two attached hydrogens (primary N) is 1. The van der Waals surface area contributed by atoms with E-state index in [0.29, 0.717) is 6.61 Å². The minimum Gasteiger partial charge on any atom is -0.383 e. The molecule has 1 rings (SSSR count). The molecule has 0 aliphatic heterocycles. The summed E-state index contributed by atoms with van der Waals surface area (Å²) in [5, 5.41) is 0. The number of methoxy groups -OCH3 is 1. The molecule has 0 fully saturated rings. The lowest BCUT2D eigenvalue weighted by atomic mass is 10.2. The van der Waals surface area contributed by atoms with Crippen LogP contribution in [0.25, 0.3) is 0 Å². The van der Waals surface area contributed by atoms with Crippen molar-refractivity contribution in [2.24, 2.45) is 5.73 Å². The molecular formula is C8H11BrN2O. The van der Waals surface area contributed by atoms with Gasteiger partial charge in [-0.25, -0.2) is 4.98 Å². The third-order valence-corrected chi connectivity index (χ3v) is 1.90. The molecule has 0 radical (unpaired) electrons. The Kier molecular flexibility index (Phi) is 3.65. The maximum absolute atomic E-state index is 5.77. The first-order valence-corrected chi connectivity index (χ1v) is 4.40. The van der Waals surface area contributed by atoms with Crippen molar-refractivity contribution < 1.29 is 4.74 Å². The number of pyridine rings is 1. The highest BCUT2D eigenvalue weighted by molar-refractivity contribution is 9.10. The van der Waals surface area contributed by atoms with Crippen LogP contribution in [-0.2, 0) is 4.74 Å². The van der Waals surface area contributed by atoms with E-state index in [9.17, 15) is 0 Å². The van der Waals surface area contributed by atoms with Crippen LogP contribution in [0, 0.1) is 0 Å². The zero-order valence-electron chi connectivity index (χ0n) is 6.83. The Balaban J connectivity index is 2.73. The summed E-state index contributed by atoms with van der Waals surface area (Å²) in [6.45, 7) is 0.490. The minimum atomic E-state index is -0.146. The molecule has 0 saturated heterocycles. The quantitative estimate of drug-likeness (QED) is 0.801. The molecule has 1 aromatic rings. The van der Waals surface area contributed by atoms with Crippen molar-refractivity contribution in [1.29, 1.82) is 0 Å². The van der Waals surface area contributed by atoms with Gasteiger partial charge in [0, 0.05) is 7.11 Å². The van der Waals surface area contributed by atoms with Gasteiger partial charge in [0.1, 0.15) is 4.60 Å². The van der Waals surface area contributed by atoms with Gasteiger partial charge in [0.2, 0.25) is 0 Å². The number of halogens is 1. The summed E-state index contributed by atoms with van der Waals surface area (Å²) in [5.74, 6) is 0. The average Bonchev–Trinajstić information content (AvgIpc) is 2.05. The summed E-state index contributed by atoms with van der Waals surface area (Å²) in [5.41, 5.74) is 6.61. The van der Waals surface area contributed by atoms with E-state index in [-0.39, 0.29) is 6.04 Å². The summed E-state index contributed by atoms with van der Waals surface area (Å²) in [6, 6.07) is 5.51. The third-order valence-electron chi connectivity index (χ3n) is 1.46. The topological polar surface area (TPSA) is 48.1 Å². The summed E-state index contributed by atoms with van der Waals surface area (Å²) in [4.78, 5) is 4.20. The molecule has 1 aromatic heterocycles. The van der Waals surface area contributed by atoms with Gasteiger partial charge >= 0.3 is 0 Å². The van der Waals surface area contributed by atoms with Crippen molar-refractivity contribution >= 4 is 15.9 Å². The second kappa shape index (κ2) is 4.54. The Morgan fingerprint density at radius 3 is 3.00 bits per heavy atom. The maximum Gasteiger partial charge on any atom is 0.106 e. The minimum absolute atomic E-state index is 0.146. The van der Waals surface area contributed by atoms with Crippen LogP contribution in [0.2, 0.25) is 0 Å². The standard InChI is InChI=1S/C8H11BrN2O/c1-12-5-6(10)7-3-2-4-8(9)11-7/h2-4,6H,5,10H2,1H3/t6-/m1/s1. The molecule has 0 amide bonds. The summed E-state index contributed by atoms with van der Waals surface area (Å²) in [6.07, 6.45) is 0. The lowest BCUT2D eigenvalue weighted by Gasteiger charge is -2.09. The van der Waals surface area contributed by atoms with Crippen molar-refractivity contribution in [3.05, 3.63) is 28.5 Å². The molecule has 0 aromatic carbocycles.